The van der Waals surface area contributed by atoms with E-state index in [1.54, 1.807) is 0 Å². The molecular formula is C20H32N4. The maximum Gasteiger partial charge on any atom is 0.193 e. The highest BCUT2D eigenvalue weighted by Crippen LogP contribution is 2.21. The molecule has 0 amide bonds. The number of likely N-dealkylation sites (tertiary alicyclic amines) is 2. The summed E-state index contributed by atoms with van der Waals surface area (Å²) in [5, 5.41) is 3.59. The quantitative estimate of drug-likeness (QED) is 0.681. The first-order valence-electron chi connectivity index (χ1n) is 9.43. The summed E-state index contributed by atoms with van der Waals surface area (Å²) < 4.78 is 0. The summed E-state index contributed by atoms with van der Waals surface area (Å²) in [6.07, 6.45) is 4.02. The Morgan fingerprint density at radius 2 is 1.92 bits per heavy atom. The van der Waals surface area contributed by atoms with E-state index in [2.05, 4.69) is 58.2 Å². The number of nitrogens with one attached hydrogen (secondary N) is 1. The highest BCUT2D eigenvalue weighted by Gasteiger charge is 2.30. The van der Waals surface area contributed by atoms with Crippen molar-refractivity contribution in [1.82, 2.24) is 15.1 Å². The number of guanidine groups is 1. The van der Waals surface area contributed by atoms with E-state index < -0.39 is 0 Å². The first-order valence-corrected chi connectivity index (χ1v) is 9.43. The largest absolute Gasteiger partial charge is 0.356 e. The Bertz CT molecular complexity index is 545. The van der Waals surface area contributed by atoms with E-state index >= 15 is 0 Å². The summed E-state index contributed by atoms with van der Waals surface area (Å²) in [6, 6.07) is 9.59. The van der Waals surface area contributed by atoms with E-state index in [0.29, 0.717) is 5.92 Å². The van der Waals surface area contributed by atoms with Crippen LogP contribution in [0, 0.1) is 6.92 Å². The van der Waals surface area contributed by atoms with Crippen LogP contribution in [0.5, 0.6) is 0 Å². The zero-order valence-corrected chi connectivity index (χ0v) is 15.5. The lowest BCUT2D eigenvalue weighted by Crippen LogP contribution is -2.43. The molecule has 1 N–H and O–H groups in total. The number of hydrogen-bond donors (Lipinski definition) is 1. The predicted molar refractivity (Wildman–Crippen MR) is 102 cm³/mol. The molecule has 2 fully saturated rings. The lowest BCUT2D eigenvalue weighted by Gasteiger charge is -2.26. The second-order valence-corrected chi connectivity index (χ2v) is 7.37. The lowest BCUT2D eigenvalue weighted by atomic mass is 10.0. The molecule has 0 aromatic heterocycles. The SMILES string of the molecule is CN=C(NCC(C)c1ccc(C)cc1)N1CCC(N2CCCC2)C1. The van der Waals surface area contributed by atoms with Crippen molar-refractivity contribution in [3.63, 3.8) is 0 Å². The molecule has 2 aliphatic rings. The van der Waals surface area contributed by atoms with E-state index in [4.69, 9.17) is 0 Å². The molecule has 3 rings (SSSR count). The van der Waals surface area contributed by atoms with Crippen molar-refractivity contribution >= 4 is 5.96 Å². The van der Waals surface area contributed by atoms with E-state index in [-0.39, 0.29) is 0 Å². The topological polar surface area (TPSA) is 30.9 Å². The van der Waals surface area contributed by atoms with E-state index in [1.807, 2.05) is 7.05 Å². The standard InChI is InChI=1S/C20H32N4/c1-16-6-8-18(9-7-16)17(2)14-22-20(21-3)24-13-10-19(15-24)23-11-4-5-12-23/h6-9,17,19H,4-5,10-15H2,1-3H3,(H,21,22). The van der Waals surface area contributed by atoms with Crippen LogP contribution in [0.15, 0.2) is 29.3 Å². The van der Waals surface area contributed by atoms with Gasteiger partial charge in [-0.3, -0.25) is 9.89 Å². The third kappa shape index (κ3) is 4.10. The van der Waals surface area contributed by atoms with E-state index in [0.717, 1.165) is 31.6 Å². The Hall–Kier alpha value is -1.55. The highest BCUT2D eigenvalue weighted by atomic mass is 15.3. The number of hydrogen-bond acceptors (Lipinski definition) is 2. The molecular weight excluding hydrogens is 296 g/mol. The Kier molecular flexibility index (Phi) is 5.77. The first-order chi connectivity index (χ1) is 11.7. The first kappa shape index (κ1) is 17.3. The summed E-state index contributed by atoms with van der Waals surface area (Å²) in [7, 11) is 1.90. The fraction of sp³-hybridized carbons (Fsp3) is 0.650. The fourth-order valence-electron chi connectivity index (χ4n) is 3.93. The normalized spacial score (nSPS) is 23.7. The van der Waals surface area contributed by atoms with Gasteiger partial charge in [0.05, 0.1) is 0 Å². The van der Waals surface area contributed by atoms with Crippen LogP contribution in [-0.2, 0) is 0 Å². The Morgan fingerprint density at radius 3 is 2.58 bits per heavy atom. The number of benzene rings is 1. The minimum Gasteiger partial charge on any atom is -0.356 e. The van der Waals surface area contributed by atoms with Gasteiger partial charge in [0.25, 0.3) is 0 Å². The molecule has 2 aliphatic heterocycles. The zero-order valence-electron chi connectivity index (χ0n) is 15.5. The molecule has 0 saturated carbocycles. The second-order valence-electron chi connectivity index (χ2n) is 7.37. The van der Waals surface area contributed by atoms with E-state index in [1.165, 1.54) is 43.5 Å². The molecule has 2 atom stereocenters. The number of rotatable bonds is 4. The molecule has 1 aromatic rings. The third-order valence-electron chi connectivity index (χ3n) is 5.54. The molecule has 4 nitrogen and oxygen atoms in total. The Morgan fingerprint density at radius 1 is 1.21 bits per heavy atom. The van der Waals surface area contributed by atoms with Crippen LogP contribution in [0.2, 0.25) is 0 Å². The highest BCUT2D eigenvalue weighted by molar-refractivity contribution is 5.80. The van der Waals surface area contributed by atoms with Gasteiger partial charge in [-0.05, 0) is 50.8 Å². The summed E-state index contributed by atoms with van der Waals surface area (Å²) in [5.74, 6) is 1.55. The molecule has 24 heavy (non-hydrogen) atoms. The van der Waals surface area contributed by atoms with Crippen LogP contribution in [0.1, 0.15) is 43.2 Å². The van der Waals surface area contributed by atoms with Crippen molar-refractivity contribution in [2.45, 2.75) is 45.1 Å². The number of aliphatic imine (C=N–C) groups is 1. The van der Waals surface area contributed by atoms with Crippen molar-refractivity contribution < 1.29 is 0 Å². The van der Waals surface area contributed by atoms with Crippen LogP contribution < -0.4 is 5.32 Å². The zero-order chi connectivity index (χ0) is 16.9. The van der Waals surface area contributed by atoms with E-state index in [9.17, 15) is 0 Å². The molecule has 1 aromatic carbocycles. The maximum absolute atomic E-state index is 4.52. The van der Waals surface area contributed by atoms with Gasteiger partial charge in [-0.2, -0.15) is 0 Å². The van der Waals surface area contributed by atoms with Crippen LogP contribution in [0.4, 0.5) is 0 Å². The minimum absolute atomic E-state index is 0.485. The second kappa shape index (κ2) is 8.02. The van der Waals surface area contributed by atoms with Gasteiger partial charge in [-0.1, -0.05) is 36.8 Å². The maximum atomic E-state index is 4.52. The van der Waals surface area contributed by atoms with Gasteiger partial charge in [0.15, 0.2) is 5.96 Å². The smallest absolute Gasteiger partial charge is 0.193 e. The summed E-state index contributed by atoms with van der Waals surface area (Å²) in [6.45, 7) is 10.2. The average Bonchev–Trinajstić information content (AvgIpc) is 3.27. The van der Waals surface area contributed by atoms with Gasteiger partial charge >= 0.3 is 0 Å². The van der Waals surface area contributed by atoms with Gasteiger partial charge in [-0.15, -0.1) is 0 Å². The Balaban J connectivity index is 1.51. The van der Waals surface area contributed by atoms with Gasteiger partial charge in [0, 0.05) is 32.7 Å². The van der Waals surface area contributed by atoms with Gasteiger partial charge in [0.2, 0.25) is 0 Å². The molecule has 2 heterocycles. The van der Waals surface area contributed by atoms with Gasteiger partial charge in [0.1, 0.15) is 0 Å². The molecule has 0 spiro atoms. The monoisotopic (exact) mass is 328 g/mol. The van der Waals surface area contributed by atoms with Crippen molar-refractivity contribution in [3.8, 4) is 0 Å². The van der Waals surface area contributed by atoms with Crippen molar-refractivity contribution in [3.05, 3.63) is 35.4 Å². The minimum atomic E-state index is 0.485. The van der Waals surface area contributed by atoms with Crippen LogP contribution in [0.3, 0.4) is 0 Å². The summed E-state index contributed by atoms with van der Waals surface area (Å²) in [5.41, 5.74) is 2.71. The van der Waals surface area contributed by atoms with Crippen molar-refractivity contribution in [1.29, 1.82) is 0 Å². The summed E-state index contributed by atoms with van der Waals surface area (Å²) >= 11 is 0. The van der Waals surface area contributed by atoms with Crippen molar-refractivity contribution in [2.24, 2.45) is 4.99 Å². The number of nitrogens with zero attached hydrogens (tertiary/aromatic N) is 3. The van der Waals surface area contributed by atoms with Crippen LogP contribution >= 0.6 is 0 Å². The molecule has 0 aliphatic carbocycles. The Labute approximate surface area is 146 Å². The van der Waals surface area contributed by atoms with Gasteiger partial charge in [-0.25, -0.2) is 0 Å². The predicted octanol–water partition coefficient (Wildman–Crippen LogP) is 2.84. The average molecular weight is 329 g/mol. The molecule has 2 saturated heterocycles. The molecule has 4 heteroatoms. The molecule has 2 unspecified atom stereocenters. The third-order valence-corrected chi connectivity index (χ3v) is 5.54. The van der Waals surface area contributed by atoms with Crippen molar-refractivity contribution in [2.75, 3.05) is 39.8 Å². The molecule has 0 radical (unpaired) electrons. The van der Waals surface area contributed by atoms with Crippen LogP contribution in [0.25, 0.3) is 0 Å². The molecule has 0 bridgehead atoms. The summed E-state index contributed by atoms with van der Waals surface area (Å²) in [4.78, 5) is 9.63. The lowest BCUT2D eigenvalue weighted by molar-refractivity contribution is 0.249. The van der Waals surface area contributed by atoms with Gasteiger partial charge < -0.3 is 10.2 Å². The molecule has 132 valence electrons. The fourth-order valence-corrected chi connectivity index (χ4v) is 3.93. The van der Waals surface area contributed by atoms with Crippen LogP contribution in [-0.4, -0.2) is 61.6 Å². The number of aryl methyl sites for hydroxylation is 1.